The van der Waals surface area contributed by atoms with Gasteiger partial charge in [0.2, 0.25) is 0 Å². The maximum absolute atomic E-state index is 9.11. The largest absolute Gasteiger partial charge is 0.508 e. The fraction of sp³-hybridized carbons (Fsp3) is 0. The number of hydrogen-bond donors (Lipinski definition) is 1. The van der Waals surface area contributed by atoms with Crippen LogP contribution < -0.4 is 0 Å². The second kappa shape index (κ2) is 3.52. The molecular weight excluding hydrogens is 194 g/mol. The van der Waals surface area contributed by atoms with Gasteiger partial charge in [0.1, 0.15) is 16.5 Å². The van der Waals surface area contributed by atoms with Crippen LogP contribution in [0, 0.1) is 12.3 Å². The predicted molar refractivity (Wildman–Crippen MR) is 57.1 cm³/mol. The molecule has 2 nitrogen and oxygen atoms in total. The molecule has 1 aromatic carbocycles. The average molecular weight is 201 g/mol. The molecule has 14 heavy (non-hydrogen) atoms. The van der Waals surface area contributed by atoms with Gasteiger partial charge >= 0.3 is 0 Å². The van der Waals surface area contributed by atoms with Gasteiger partial charge in [-0.3, -0.25) is 0 Å². The molecular formula is C11H7NOS. The SMILES string of the molecule is C#Cc1csc(-c2ccc(O)cc2)n1. The first-order chi connectivity index (χ1) is 6.79. The lowest BCUT2D eigenvalue weighted by Crippen LogP contribution is -1.76. The minimum absolute atomic E-state index is 0.252. The van der Waals surface area contributed by atoms with Gasteiger partial charge in [0.15, 0.2) is 0 Å². The van der Waals surface area contributed by atoms with E-state index in [2.05, 4.69) is 10.9 Å². The summed E-state index contributed by atoms with van der Waals surface area (Å²) in [6.07, 6.45) is 5.22. The van der Waals surface area contributed by atoms with Gasteiger partial charge in [-0.05, 0) is 30.2 Å². The van der Waals surface area contributed by atoms with E-state index in [9.17, 15) is 0 Å². The molecule has 1 N–H and O–H groups in total. The van der Waals surface area contributed by atoms with Crippen LogP contribution in [0.4, 0.5) is 0 Å². The first-order valence-corrected chi connectivity index (χ1v) is 4.89. The monoisotopic (exact) mass is 201 g/mol. The molecule has 0 unspecified atom stereocenters. The first kappa shape index (κ1) is 8.79. The summed E-state index contributed by atoms with van der Waals surface area (Å²) < 4.78 is 0. The van der Waals surface area contributed by atoms with Crippen molar-refractivity contribution in [3.8, 4) is 28.7 Å². The molecule has 0 aliphatic carbocycles. The van der Waals surface area contributed by atoms with Gasteiger partial charge in [0.25, 0.3) is 0 Å². The van der Waals surface area contributed by atoms with Crippen molar-refractivity contribution in [2.75, 3.05) is 0 Å². The number of hydrogen-bond acceptors (Lipinski definition) is 3. The van der Waals surface area contributed by atoms with Crippen molar-refractivity contribution in [2.45, 2.75) is 0 Å². The zero-order chi connectivity index (χ0) is 9.97. The van der Waals surface area contributed by atoms with Crippen molar-refractivity contribution < 1.29 is 5.11 Å². The van der Waals surface area contributed by atoms with Crippen molar-refractivity contribution in [3.05, 3.63) is 35.3 Å². The third-order valence-corrected chi connectivity index (χ3v) is 2.66. The number of rotatable bonds is 1. The molecule has 2 rings (SSSR count). The van der Waals surface area contributed by atoms with Crippen LogP contribution >= 0.6 is 11.3 Å². The fourth-order valence-electron chi connectivity index (χ4n) is 1.08. The molecule has 0 saturated carbocycles. The lowest BCUT2D eigenvalue weighted by atomic mass is 10.2. The highest BCUT2D eigenvalue weighted by Crippen LogP contribution is 2.24. The quantitative estimate of drug-likeness (QED) is 0.719. The van der Waals surface area contributed by atoms with Crippen molar-refractivity contribution in [1.82, 2.24) is 4.98 Å². The van der Waals surface area contributed by atoms with Crippen LogP contribution in [-0.4, -0.2) is 10.1 Å². The van der Waals surface area contributed by atoms with Crippen molar-refractivity contribution in [2.24, 2.45) is 0 Å². The molecule has 0 atom stereocenters. The van der Waals surface area contributed by atoms with Gasteiger partial charge in [0.05, 0.1) is 0 Å². The van der Waals surface area contributed by atoms with Crippen molar-refractivity contribution in [3.63, 3.8) is 0 Å². The van der Waals surface area contributed by atoms with E-state index in [4.69, 9.17) is 11.5 Å². The number of terminal acetylenes is 1. The molecule has 3 heteroatoms. The van der Waals surface area contributed by atoms with E-state index in [1.807, 2.05) is 17.5 Å². The summed E-state index contributed by atoms with van der Waals surface area (Å²) in [4.78, 5) is 4.23. The van der Waals surface area contributed by atoms with Gasteiger partial charge in [0, 0.05) is 10.9 Å². The molecule has 2 aromatic rings. The van der Waals surface area contributed by atoms with Crippen molar-refractivity contribution in [1.29, 1.82) is 0 Å². The minimum Gasteiger partial charge on any atom is -0.508 e. The predicted octanol–water partition coefficient (Wildman–Crippen LogP) is 2.50. The number of nitrogens with zero attached hydrogens (tertiary/aromatic N) is 1. The van der Waals surface area contributed by atoms with Gasteiger partial charge in [-0.25, -0.2) is 4.98 Å². The average Bonchev–Trinajstić information content (AvgIpc) is 2.67. The molecule has 0 spiro atoms. The number of phenolic OH excluding ortho intramolecular Hbond substituents is 1. The molecule has 0 bridgehead atoms. The van der Waals surface area contributed by atoms with E-state index in [-0.39, 0.29) is 5.75 Å². The Morgan fingerprint density at radius 3 is 2.57 bits per heavy atom. The zero-order valence-corrected chi connectivity index (χ0v) is 8.08. The van der Waals surface area contributed by atoms with Gasteiger partial charge in [-0.15, -0.1) is 17.8 Å². The zero-order valence-electron chi connectivity index (χ0n) is 7.27. The first-order valence-electron chi connectivity index (χ1n) is 4.01. The van der Waals surface area contributed by atoms with Crippen molar-refractivity contribution >= 4 is 11.3 Å². The van der Waals surface area contributed by atoms with Gasteiger partial charge in [-0.1, -0.05) is 0 Å². The highest BCUT2D eigenvalue weighted by Gasteiger charge is 2.02. The van der Waals surface area contributed by atoms with Crippen LogP contribution in [0.2, 0.25) is 0 Å². The Morgan fingerprint density at radius 1 is 1.29 bits per heavy atom. The molecule has 1 aromatic heterocycles. The molecule has 68 valence electrons. The van der Waals surface area contributed by atoms with Crippen LogP contribution in [0.15, 0.2) is 29.6 Å². The maximum atomic E-state index is 9.11. The molecule has 0 amide bonds. The van der Waals surface area contributed by atoms with E-state index < -0.39 is 0 Å². The molecule has 0 aliphatic heterocycles. The normalized spacial score (nSPS) is 9.64. The van der Waals surface area contributed by atoms with E-state index >= 15 is 0 Å². The van der Waals surface area contributed by atoms with E-state index in [0.717, 1.165) is 10.6 Å². The third-order valence-electron chi connectivity index (χ3n) is 1.77. The fourth-order valence-corrected chi connectivity index (χ4v) is 1.84. The van der Waals surface area contributed by atoms with Crippen LogP contribution in [0.1, 0.15) is 5.69 Å². The Labute approximate surface area is 85.9 Å². The Kier molecular flexibility index (Phi) is 2.21. The Hall–Kier alpha value is -1.79. The topological polar surface area (TPSA) is 33.1 Å². The second-order valence-corrected chi connectivity index (χ2v) is 3.59. The summed E-state index contributed by atoms with van der Waals surface area (Å²) in [6, 6.07) is 6.89. The summed E-state index contributed by atoms with van der Waals surface area (Å²) in [7, 11) is 0. The summed E-state index contributed by atoms with van der Waals surface area (Å²) in [5.41, 5.74) is 1.62. The summed E-state index contributed by atoms with van der Waals surface area (Å²) in [5.74, 6) is 2.73. The molecule has 1 heterocycles. The number of aromatic nitrogens is 1. The second-order valence-electron chi connectivity index (χ2n) is 2.73. The molecule has 0 radical (unpaired) electrons. The third kappa shape index (κ3) is 1.61. The number of aromatic hydroxyl groups is 1. The van der Waals surface area contributed by atoms with Crippen LogP contribution in [0.25, 0.3) is 10.6 Å². The standard InChI is InChI=1S/C11H7NOS/c1-2-9-7-14-11(12-9)8-3-5-10(13)6-4-8/h1,3-7,13H. The smallest absolute Gasteiger partial charge is 0.124 e. The van der Waals surface area contributed by atoms with Gasteiger partial charge in [-0.2, -0.15) is 0 Å². The summed E-state index contributed by atoms with van der Waals surface area (Å²) in [5, 5.41) is 11.8. The van der Waals surface area contributed by atoms with E-state index in [1.54, 1.807) is 12.1 Å². The van der Waals surface area contributed by atoms with Crippen LogP contribution in [-0.2, 0) is 0 Å². The highest BCUT2D eigenvalue weighted by molar-refractivity contribution is 7.13. The Balaban J connectivity index is 2.40. The Bertz CT molecular complexity index is 479. The van der Waals surface area contributed by atoms with E-state index in [0.29, 0.717) is 5.69 Å². The van der Waals surface area contributed by atoms with Crippen LogP contribution in [0.3, 0.4) is 0 Å². The lowest BCUT2D eigenvalue weighted by Gasteiger charge is -1.95. The molecule has 0 aliphatic rings. The maximum Gasteiger partial charge on any atom is 0.124 e. The van der Waals surface area contributed by atoms with Gasteiger partial charge < -0.3 is 5.11 Å². The Morgan fingerprint density at radius 2 is 2.00 bits per heavy atom. The van der Waals surface area contributed by atoms with E-state index in [1.165, 1.54) is 11.3 Å². The molecule has 0 saturated heterocycles. The number of phenols is 1. The van der Waals surface area contributed by atoms with Crippen LogP contribution in [0.5, 0.6) is 5.75 Å². The molecule has 0 fully saturated rings. The lowest BCUT2D eigenvalue weighted by molar-refractivity contribution is 0.475. The summed E-state index contributed by atoms with van der Waals surface area (Å²) in [6.45, 7) is 0. The summed E-state index contributed by atoms with van der Waals surface area (Å²) >= 11 is 1.50. The number of thiazole rings is 1. The minimum atomic E-state index is 0.252. The number of benzene rings is 1. The highest BCUT2D eigenvalue weighted by atomic mass is 32.1.